The Bertz CT molecular complexity index is 345. The molecule has 0 atom stereocenters. The number of Topliss-reactive ketones (excluding diaryl/α,β-unsaturated/α-hetero) is 1. The van der Waals surface area contributed by atoms with Gasteiger partial charge in [-0.2, -0.15) is 5.10 Å². The minimum Gasteiger partial charge on any atom is -0.299 e. The van der Waals surface area contributed by atoms with Gasteiger partial charge in [0.1, 0.15) is 5.78 Å². The van der Waals surface area contributed by atoms with Crippen LogP contribution in [0.25, 0.3) is 0 Å². The van der Waals surface area contributed by atoms with Crippen LogP contribution in [0.3, 0.4) is 0 Å². The van der Waals surface area contributed by atoms with Crippen LogP contribution >= 0.6 is 0 Å². The van der Waals surface area contributed by atoms with Gasteiger partial charge in [-0.1, -0.05) is 20.8 Å². The molecule has 1 aromatic heterocycles. The fourth-order valence-corrected chi connectivity index (χ4v) is 1.26. The molecule has 0 saturated heterocycles. The fraction of sp³-hybridized carbons (Fsp3) is 0.636. The minimum absolute atomic E-state index is 0.250. The van der Waals surface area contributed by atoms with Crippen LogP contribution in [0.4, 0.5) is 0 Å². The van der Waals surface area contributed by atoms with E-state index in [-0.39, 0.29) is 11.2 Å². The van der Waals surface area contributed by atoms with E-state index in [1.165, 1.54) is 0 Å². The first kappa shape index (κ1) is 11.0. The van der Waals surface area contributed by atoms with Gasteiger partial charge in [0, 0.05) is 24.6 Å². The van der Waals surface area contributed by atoms with E-state index in [0.29, 0.717) is 6.42 Å². The Labute approximate surface area is 85.1 Å². The van der Waals surface area contributed by atoms with Gasteiger partial charge in [0.05, 0.1) is 5.69 Å². The number of carbonyl (C=O) groups excluding carboxylic acids is 1. The second kappa shape index (κ2) is 3.56. The second-order valence-corrected chi connectivity index (χ2v) is 4.75. The molecular weight excluding hydrogens is 176 g/mol. The molecule has 0 unspecified atom stereocenters. The first-order valence-corrected chi connectivity index (χ1v) is 4.83. The van der Waals surface area contributed by atoms with Gasteiger partial charge < -0.3 is 0 Å². The van der Waals surface area contributed by atoms with Gasteiger partial charge in [-0.25, -0.2) is 0 Å². The SMILES string of the molecule is Cc1cc(CC(=O)C(C)(C)C)n(C)n1. The molecule has 0 N–H and O–H groups in total. The van der Waals surface area contributed by atoms with Crippen LogP contribution in [0.1, 0.15) is 32.2 Å². The monoisotopic (exact) mass is 194 g/mol. The molecule has 0 spiro atoms. The molecule has 0 saturated carbocycles. The van der Waals surface area contributed by atoms with Crippen LogP contribution in [-0.2, 0) is 18.3 Å². The highest BCUT2D eigenvalue weighted by Gasteiger charge is 2.22. The van der Waals surface area contributed by atoms with Crippen LogP contribution in [0.2, 0.25) is 0 Å². The fourth-order valence-electron chi connectivity index (χ4n) is 1.26. The maximum Gasteiger partial charge on any atom is 0.144 e. The molecule has 0 aromatic carbocycles. The molecule has 0 amide bonds. The molecule has 0 aliphatic heterocycles. The molecule has 0 aliphatic rings. The van der Waals surface area contributed by atoms with Gasteiger partial charge in [0.15, 0.2) is 0 Å². The van der Waals surface area contributed by atoms with E-state index in [2.05, 4.69) is 5.10 Å². The first-order chi connectivity index (χ1) is 6.30. The lowest BCUT2D eigenvalue weighted by atomic mass is 9.88. The van der Waals surface area contributed by atoms with Crippen LogP contribution in [0, 0.1) is 12.3 Å². The van der Waals surface area contributed by atoms with Crippen molar-refractivity contribution in [3.8, 4) is 0 Å². The van der Waals surface area contributed by atoms with Crippen LogP contribution in [0.15, 0.2) is 6.07 Å². The number of hydrogen-bond donors (Lipinski definition) is 0. The number of aromatic nitrogens is 2. The maximum absolute atomic E-state index is 11.8. The molecule has 0 aliphatic carbocycles. The van der Waals surface area contributed by atoms with Crippen molar-refractivity contribution in [3.63, 3.8) is 0 Å². The summed E-state index contributed by atoms with van der Waals surface area (Å²) in [5.74, 6) is 0.250. The largest absolute Gasteiger partial charge is 0.299 e. The molecule has 0 fully saturated rings. The van der Waals surface area contributed by atoms with Gasteiger partial charge in [-0.05, 0) is 13.0 Å². The van der Waals surface area contributed by atoms with Gasteiger partial charge in [0.2, 0.25) is 0 Å². The lowest BCUT2D eigenvalue weighted by Crippen LogP contribution is -2.23. The Kier molecular flexibility index (Phi) is 2.79. The summed E-state index contributed by atoms with van der Waals surface area (Å²) in [6.45, 7) is 7.76. The number of nitrogens with zero attached hydrogens (tertiary/aromatic N) is 2. The van der Waals surface area contributed by atoms with Crippen molar-refractivity contribution in [2.24, 2.45) is 12.5 Å². The highest BCUT2D eigenvalue weighted by atomic mass is 16.1. The highest BCUT2D eigenvalue weighted by molar-refractivity contribution is 5.85. The average molecular weight is 194 g/mol. The summed E-state index contributed by atoms with van der Waals surface area (Å²) in [6, 6.07) is 1.96. The molecule has 3 nitrogen and oxygen atoms in total. The number of rotatable bonds is 2. The number of carbonyl (C=O) groups is 1. The Morgan fingerprint density at radius 2 is 2.07 bits per heavy atom. The summed E-state index contributed by atoms with van der Waals surface area (Å²) in [5.41, 5.74) is 1.68. The summed E-state index contributed by atoms with van der Waals surface area (Å²) in [6.07, 6.45) is 0.473. The standard InChI is InChI=1S/C11H18N2O/c1-8-6-9(13(5)12-8)7-10(14)11(2,3)4/h6H,7H2,1-5H3. The average Bonchev–Trinajstić information content (AvgIpc) is 2.28. The van der Waals surface area contributed by atoms with Crippen LogP contribution in [0.5, 0.6) is 0 Å². The summed E-state index contributed by atoms with van der Waals surface area (Å²) in [4.78, 5) is 11.8. The third-order valence-electron chi connectivity index (χ3n) is 2.28. The normalized spacial score (nSPS) is 11.8. The second-order valence-electron chi connectivity index (χ2n) is 4.75. The molecule has 1 heterocycles. The van der Waals surface area contributed by atoms with E-state index in [0.717, 1.165) is 11.4 Å². The van der Waals surface area contributed by atoms with Crippen LogP contribution < -0.4 is 0 Å². The summed E-state index contributed by atoms with van der Waals surface area (Å²) in [7, 11) is 1.87. The molecule has 1 aromatic rings. The Morgan fingerprint density at radius 1 is 1.50 bits per heavy atom. The van der Waals surface area contributed by atoms with Crippen molar-refractivity contribution < 1.29 is 4.79 Å². The lowest BCUT2D eigenvalue weighted by Gasteiger charge is -2.16. The first-order valence-electron chi connectivity index (χ1n) is 4.83. The van der Waals surface area contributed by atoms with E-state index in [1.54, 1.807) is 4.68 Å². The number of hydrogen-bond acceptors (Lipinski definition) is 2. The van der Waals surface area contributed by atoms with E-state index in [9.17, 15) is 4.79 Å². The van der Waals surface area contributed by atoms with Crippen molar-refractivity contribution in [2.75, 3.05) is 0 Å². The van der Waals surface area contributed by atoms with Gasteiger partial charge in [-0.3, -0.25) is 9.48 Å². The number of aryl methyl sites for hydroxylation is 2. The predicted molar refractivity (Wildman–Crippen MR) is 56.1 cm³/mol. The molecule has 78 valence electrons. The van der Waals surface area contributed by atoms with Crippen molar-refractivity contribution in [2.45, 2.75) is 34.1 Å². The van der Waals surface area contributed by atoms with Crippen molar-refractivity contribution in [1.82, 2.24) is 9.78 Å². The third-order valence-corrected chi connectivity index (χ3v) is 2.28. The zero-order valence-corrected chi connectivity index (χ0v) is 9.59. The topological polar surface area (TPSA) is 34.9 Å². The zero-order chi connectivity index (χ0) is 10.9. The number of ketones is 1. The highest BCUT2D eigenvalue weighted by Crippen LogP contribution is 2.17. The van der Waals surface area contributed by atoms with Crippen molar-refractivity contribution >= 4 is 5.78 Å². The van der Waals surface area contributed by atoms with E-state index < -0.39 is 0 Å². The van der Waals surface area contributed by atoms with Gasteiger partial charge in [-0.15, -0.1) is 0 Å². The molecule has 0 radical (unpaired) electrons. The Balaban J connectivity index is 2.80. The molecular formula is C11H18N2O. The summed E-state index contributed by atoms with van der Waals surface area (Å²) in [5, 5.41) is 4.21. The molecule has 0 bridgehead atoms. The van der Waals surface area contributed by atoms with Gasteiger partial charge in [0.25, 0.3) is 0 Å². The predicted octanol–water partition coefficient (Wildman–Crippen LogP) is 1.89. The Morgan fingerprint density at radius 3 is 2.43 bits per heavy atom. The van der Waals surface area contributed by atoms with Crippen LogP contribution in [-0.4, -0.2) is 15.6 Å². The van der Waals surface area contributed by atoms with E-state index >= 15 is 0 Å². The summed E-state index contributed by atoms with van der Waals surface area (Å²) >= 11 is 0. The molecule has 14 heavy (non-hydrogen) atoms. The quantitative estimate of drug-likeness (QED) is 0.720. The lowest BCUT2D eigenvalue weighted by molar-refractivity contribution is -0.125. The van der Waals surface area contributed by atoms with E-state index in [1.807, 2.05) is 40.8 Å². The van der Waals surface area contributed by atoms with Crippen molar-refractivity contribution in [3.05, 3.63) is 17.5 Å². The smallest absolute Gasteiger partial charge is 0.144 e. The van der Waals surface area contributed by atoms with E-state index in [4.69, 9.17) is 0 Å². The maximum atomic E-state index is 11.8. The summed E-state index contributed by atoms with van der Waals surface area (Å²) < 4.78 is 1.78. The molecule has 1 rings (SSSR count). The molecule has 3 heteroatoms. The Hall–Kier alpha value is -1.12. The zero-order valence-electron chi connectivity index (χ0n) is 9.59. The van der Waals surface area contributed by atoms with Crippen molar-refractivity contribution in [1.29, 1.82) is 0 Å². The minimum atomic E-state index is -0.266. The third kappa shape index (κ3) is 2.44. The van der Waals surface area contributed by atoms with Gasteiger partial charge >= 0.3 is 0 Å².